The summed E-state index contributed by atoms with van der Waals surface area (Å²) in [5, 5.41) is 0.241. The summed E-state index contributed by atoms with van der Waals surface area (Å²) in [6.07, 6.45) is -11.7. The van der Waals surface area contributed by atoms with E-state index in [1.165, 1.54) is 23.1 Å². The predicted octanol–water partition coefficient (Wildman–Crippen LogP) is 7.44. The summed E-state index contributed by atoms with van der Waals surface area (Å²) in [7, 11) is 1.04. The van der Waals surface area contributed by atoms with Crippen molar-refractivity contribution in [2.75, 3.05) is 18.6 Å². The molecule has 1 heterocycles. The van der Waals surface area contributed by atoms with E-state index in [1.54, 1.807) is 13.8 Å². The van der Waals surface area contributed by atoms with Crippen molar-refractivity contribution in [2.24, 2.45) is 0 Å². The Bertz CT molecular complexity index is 1140. The van der Waals surface area contributed by atoms with Crippen molar-refractivity contribution in [2.45, 2.75) is 51.2 Å². The number of hydrogen-bond donors (Lipinski definition) is 0. The molecule has 0 radical (unpaired) electrons. The van der Waals surface area contributed by atoms with Crippen LogP contribution >= 0.6 is 11.6 Å². The number of anilines is 1. The lowest BCUT2D eigenvalue weighted by Gasteiger charge is -2.42. The fourth-order valence-corrected chi connectivity index (χ4v) is 4.48. The Morgan fingerprint density at radius 3 is 2.16 bits per heavy atom. The maximum atomic E-state index is 13.4. The summed E-state index contributed by atoms with van der Waals surface area (Å²) in [4.78, 5) is 27.8. The number of hydrogen-bond acceptors (Lipinski definition) is 4. The van der Waals surface area contributed by atoms with Crippen LogP contribution in [0.25, 0.3) is 0 Å². The summed E-state index contributed by atoms with van der Waals surface area (Å²) in [6.45, 7) is 2.76. The SMILES string of the molecule is CCOC(=O)N1c2ccc(Cl)cc2[C@@H](N(Cc2cc(C(F)(F)F)cc(C(F)(F)F)c2)C(=O)OC)C[C@H]1C. The molecule has 3 rings (SSSR count). The van der Waals surface area contributed by atoms with Gasteiger partial charge in [-0.25, -0.2) is 9.59 Å². The van der Waals surface area contributed by atoms with Gasteiger partial charge in [0, 0.05) is 23.2 Å². The third-order valence-corrected chi connectivity index (χ3v) is 6.10. The monoisotopic (exact) mass is 552 g/mol. The van der Waals surface area contributed by atoms with Gasteiger partial charge in [-0.15, -0.1) is 0 Å². The molecule has 0 spiro atoms. The lowest BCUT2D eigenvalue weighted by Crippen LogP contribution is -2.47. The molecule has 0 aromatic heterocycles. The minimum Gasteiger partial charge on any atom is -0.453 e. The first-order valence-electron chi connectivity index (χ1n) is 11.1. The molecule has 6 nitrogen and oxygen atoms in total. The first-order chi connectivity index (χ1) is 17.2. The molecule has 0 bridgehead atoms. The van der Waals surface area contributed by atoms with Crippen molar-refractivity contribution in [3.8, 4) is 0 Å². The second-order valence-electron chi connectivity index (χ2n) is 8.38. The Kier molecular flexibility index (Phi) is 8.21. The van der Waals surface area contributed by atoms with Gasteiger partial charge in [0.2, 0.25) is 0 Å². The number of alkyl halides is 6. The molecule has 2 aromatic carbocycles. The Labute approximate surface area is 213 Å². The lowest BCUT2D eigenvalue weighted by molar-refractivity contribution is -0.143. The van der Waals surface area contributed by atoms with Gasteiger partial charge < -0.3 is 9.47 Å². The van der Waals surface area contributed by atoms with Crippen LogP contribution in [0.5, 0.6) is 0 Å². The predicted molar refractivity (Wildman–Crippen MR) is 122 cm³/mol. The highest BCUT2D eigenvalue weighted by atomic mass is 35.5. The number of halogens is 7. The van der Waals surface area contributed by atoms with Crippen LogP contribution in [-0.4, -0.2) is 36.8 Å². The standard InChI is InChI=1S/C24H23ClF6N2O4/c1-4-37-22(35)33-13(2)7-20(18-11-17(25)5-6-19(18)33)32(21(34)36-3)12-14-8-15(23(26,27)28)10-16(9-14)24(29,30)31/h5-6,8-11,13,20H,4,7,12H2,1-3H3/t13-,20+/m1/s1. The van der Waals surface area contributed by atoms with Gasteiger partial charge in [-0.2, -0.15) is 26.3 Å². The van der Waals surface area contributed by atoms with E-state index in [9.17, 15) is 35.9 Å². The topological polar surface area (TPSA) is 59.1 Å². The van der Waals surface area contributed by atoms with Crippen LogP contribution in [0.2, 0.25) is 5.02 Å². The number of nitrogens with zero attached hydrogens (tertiary/aromatic N) is 2. The molecule has 0 aliphatic carbocycles. The number of rotatable bonds is 4. The van der Waals surface area contributed by atoms with Crippen LogP contribution in [0, 0.1) is 0 Å². The quantitative estimate of drug-likeness (QED) is 0.370. The molecule has 0 N–H and O–H groups in total. The minimum atomic E-state index is -5.05. The highest BCUT2D eigenvalue weighted by molar-refractivity contribution is 6.30. The van der Waals surface area contributed by atoms with E-state index in [1.807, 2.05) is 0 Å². The molecule has 2 amide bonds. The summed E-state index contributed by atoms with van der Waals surface area (Å²) in [6, 6.07) is 4.18. The molecule has 202 valence electrons. The summed E-state index contributed by atoms with van der Waals surface area (Å²) in [5.41, 5.74) is -2.73. The van der Waals surface area contributed by atoms with Gasteiger partial charge in [-0.3, -0.25) is 9.80 Å². The van der Waals surface area contributed by atoms with Crippen molar-refractivity contribution in [3.05, 3.63) is 63.7 Å². The summed E-state index contributed by atoms with van der Waals surface area (Å²) < 4.78 is 90.3. The molecular weight excluding hydrogens is 530 g/mol. The maximum Gasteiger partial charge on any atom is 0.416 e. The first kappa shape index (κ1) is 28.4. The fourth-order valence-electron chi connectivity index (χ4n) is 4.30. The Morgan fingerprint density at radius 1 is 1.05 bits per heavy atom. The molecule has 0 saturated carbocycles. The van der Waals surface area contributed by atoms with E-state index in [-0.39, 0.29) is 24.1 Å². The number of benzene rings is 2. The Morgan fingerprint density at radius 2 is 1.65 bits per heavy atom. The zero-order chi connectivity index (χ0) is 27.7. The van der Waals surface area contributed by atoms with Crippen molar-refractivity contribution in [1.29, 1.82) is 0 Å². The number of methoxy groups -OCH3 is 1. The summed E-state index contributed by atoms with van der Waals surface area (Å²) >= 11 is 6.17. The van der Waals surface area contributed by atoms with Crippen molar-refractivity contribution >= 4 is 29.5 Å². The van der Waals surface area contributed by atoms with E-state index in [2.05, 4.69) is 0 Å². The second-order valence-corrected chi connectivity index (χ2v) is 8.82. The molecule has 0 unspecified atom stereocenters. The van der Waals surface area contributed by atoms with Gasteiger partial charge in [-0.05, 0) is 62.2 Å². The number of amides is 2. The van der Waals surface area contributed by atoms with Gasteiger partial charge in [0.1, 0.15) is 0 Å². The number of ether oxygens (including phenoxy) is 2. The first-order valence-corrected chi connectivity index (χ1v) is 11.4. The van der Waals surface area contributed by atoms with Crippen molar-refractivity contribution in [1.82, 2.24) is 4.90 Å². The van der Waals surface area contributed by atoms with Gasteiger partial charge in [0.05, 0.1) is 36.6 Å². The van der Waals surface area contributed by atoms with Crippen molar-refractivity contribution in [3.63, 3.8) is 0 Å². The smallest absolute Gasteiger partial charge is 0.416 e. The van der Waals surface area contributed by atoms with Crippen LogP contribution in [0.15, 0.2) is 36.4 Å². The molecule has 13 heteroatoms. The Hall–Kier alpha value is -3.15. The van der Waals surface area contributed by atoms with Crippen LogP contribution in [0.3, 0.4) is 0 Å². The van der Waals surface area contributed by atoms with E-state index in [0.29, 0.717) is 23.4 Å². The van der Waals surface area contributed by atoms with E-state index < -0.39 is 59.9 Å². The zero-order valence-corrected chi connectivity index (χ0v) is 20.7. The average molecular weight is 553 g/mol. The number of carbonyl (C=O) groups is 2. The van der Waals surface area contributed by atoms with Gasteiger partial charge in [0.15, 0.2) is 0 Å². The van der Waals surface area contributed by atoms with Crippen LogP contribution in [0.4, 0.5) is 41.6 Å². The molecule has 2 atom stereocenters. The molecule has 0 fully saturated rings. The lowest BCUT2D eigenvalue weighted by atomic mass is 9.90. The van der Waals surface area contributed by atoms with Gasteiger partial charge in [0.25, 0.3) is 0 Å². The number of carbonyl (C=O) groups excluding carboxylic acids is 2. The second kappa shape index (κ2) is 10.7. The molecule has 1 aliphatic rings. The summed E-state index contributed by atoms with van der Waals surface area (Å²) in [5.74, 6) is 0. The normalized spacial score (nSPS) is 17.7. The largest absolute Gasteiger partial charge is 0.453 e. The van der Waals surface area contributed by atoms with Crippen LogP contribution in [0.1, 0.15) is 48.6 Å². The number of fused-ring (bicyclic) bond motifs is 1. The molecule has 0 saturated heterocycles. The van der Waals surface area contributed by atoms with E-state index >= 15 is 0 Å². The highest BCUT2D eigenvalue weighted by Gasteiger charge is 2.41. The molecule has 37 heavy (non-hydrogen) atoms. The van der Waals surface area contributed by atoms with E-state index in [0.717, 1.165) is 12.0 Å². The highest BCUT2D eigenvalue weighted by Crippen LogP contribution is 2.43. The fraction of sp³-hybridized carbons (Fsp3) is 0.417. The molecule has 2 aromatic rings. The minimum absolute atomic E-state index is 0.0148. The zero-order valence-electron chi connectivity index (χ0n) is 19.9. The average Bonchev–Trinajstić information content (AvgIpc) is 2.80. The van der Waals surface area contributed by atoms with Crippen molar-refractivity contribution < 1.29 is 45.4 Å². The molecular formula is C24H23ClF6N2O4. The third-order valence-electron chi connectivity index (χ3n) is 5.86. The molecule has 1 aliphatic heterocycles. The Balaban J connectivity index is 2.12. The third kappa shape index (κ3) is 6.23. The van der Waals surface area contributed by atoms with E-state index in [4.69, 9.17) is 21.1 Å². The maximum absolute atomic E-state index is 13.4. The van der Waals surface area contributed by atoms with Gasteiger partial charge in [-0.1, -0.05) is 11.6 Å². The van der Waals surface area contributed by atoms with Crippen LogP contribution in [-0.2, 0) is 28.4 Å². The van der Waals surface area contributed by atoms with Gasteiger partial charge >= 0.3 is 24.5 Å². The van der Waals surface area contributed by atoms with Crippen LogP contribution < -0.4 is 4.90 Å².